The van der Waals surface area contributed by atoms with Crippen LogP contribution >= 0.6 is 11.3 Å². The lowest BCUT2D eigenvalue weighted by molar-refractivity contribution is 0.0889. The summed E-state index contributed by atoms with van der Waals surface area (Å²) in [5.74, 6) is 0.234. The molecule has 0 aliphatic heterocycles. The van der Waals surface area contributed by atoms with Crippen LogP contribution in [0.1, 0.15) is 22.5 Å². The Morgan fingerprint density at radius 3 is 3.00 bits per heavy atom. The van der Waals surface area contributed by atoms with Gasteiger partial charge in [0.25, 0.3) is 0 Å². The summed E-state index contributed by atoms with van der Waals surface area (Å²) in [4.78, 5) is 15.0. The van der Waals surface area contributed by atoms with E-state index in [1.807, 2.05) is 17.5 Å². The van der Waals surface area contributed by atoms with Crippen molar-refractivity contribution in [2.45, 2.75) is 18.9 Å². The van der Waals surface area contributed by atoms with Gasteiger partial charge in [0.05, 0.1) is 18.0 Å². The SMILES string of the molecule is COCCN(CC(=O)c1cccs1)C1CC1. The highest BCUT2D eigenvalue weighted by Gasteiger charge is 2.30. The van der Waals surface area contributed by atoms with Crippen LogP contribution in [0.4, 0.5) is 0 Å². The fourth-order valence-electron chi connectivity index (χ4n) is 1.74. The van der Waals surface area contributed by atoms with Crippen molar-refractivity contribution < 1.29 is 9.53 Å². The highest BCUT2D eigenvalue weighted by atomic mass is 32.1. The number of carbonyl (C=O) groups is 1. The predicted octanol–water partition coefficient (Wildman–Crippen LogP) is 2.04. The van der Waals surface area contributed by atoms with Crippen molar-refractivity contribution in [2.24, 2.45) is 0 Å². The van der Waals surface area contributed by atoms with Gasteiger partial charge < -0.3 is 4.74 Å². The number of Topliss-reactive ketones (excluding diaryl/α,β-unsaturated/α-hetero) is 1. The van der Waals surface area contributed by atoms with Gasteiger partial charge in [-0.25, -0.2) is 0 Å². The van der Waals surface area contributed by atoms with Gasteiger partial charge in [0, 0.05) is 19.7 Å². The Hall–Kier alpha value is -0.710. The van der Waals surface area contributed by atoms with Crippen LogP contribution in [0.15, 0.2) is 17.5 Å². The predicted molar refractivity (Wildman–Crippen MR) is 65.1 cm³/mol. The number of ketones is 1. The van der Waals surface area contributed by atoms with Gasteiger partial charge in [-0.2, -0.15) is 0 Å². The van der Waals surface area contributed by atoms with Crippen molar-refractivity contribution in [1.82, 2.24) is 4.90 Å². The summed E-state index contributed by atoms with van der Waals surface area (Å²) in [5, 5.41) is 1.95. The van der Waals surface area contributed by atoms with E-state index in [-0.39, 0.29) is 5.78 Å². The van der Waals surface area contributed by atoms with E-state index in [2.05, 4.69) is 4.90 Å². The Morgan fingerprint density at radius 1 is 1.62 bits per heavy atom. The highest BCUT2D eigenvalue weighted by Crippen LogP contribution is 2.26. The van der Waals surface area contributed by atoms with Crippen molar-refractivity contribution in [2.75, 3.05) is 26.8 Å². The first-order valence-electron chi connectivity index (χ1n) is 5.61. The molecule has 88 valence electrons. The third kappa shape index (κ3) is 3.14. The molecular weight excluding hydrogens is 222 g/mol. The van der Waals surface area contributed by atoms with Crippen molar-refractivity contribution in [3.8, 4) is 0 Å². The fraction of sp³-hybridized carbons (Fsp3) is 0.583. The van der Waals surface area contributed by atoms with E-state index in [1.54, 1.807) is 7.11 Å². The summed E-state index contributed by atoms with van der Waals surface area (Å²) >= 11 is 1.52. The summed E-state index contributed by atoms with van der Waals surface area (Å²) in [6.45, 7) is 2.10. The van der Waals surface area contributed by atoms with E-state index < -0.39 is 0 Å². The van der Waals surface area contributed by atoms with Crippen molar-refractivity contribution in [3.63, 3.8) is 0 Å². The molecule has 0 spiro atoms. The molecule has 1 aromatic heterocycles. The third-order valence-corrected chi connectivity index (χ3v) is 3.70. The minimum atomic E-state index is 0.234. The van der Waals surface area contributed by atoms with E-state index >= 15 is 0 Å². The van der Waals surface area contributed by atoms with Crippen molar-refractivity contribution >= 4 is 17.1 Å². The summed E-state index contributed by atoms with van der Waals surface area (Å²) in [6.07, 6.45) is 2.45. The van der Waals surface area contributed by atoms with E-state index in [4.69, 9.17) is 4.74 Å². The van der Waals surface area contributed by atoms with Gasteiger partial charge in [-0.15, -0.1) is 11.3 Å². The molecule has 1 aromatic rings. The zero-order chi connectivity index (χ0) is 11.4. The minimum Gasteiger partial charge on any atom is -0.383 e. The normalized spacial score (nSPS) is 15.6. The largest absolute Gasteiger partial charge is 0.383 e. The molecule has 0 aromatic carbocycles. The Morgan fingerprint density at radius 2 is 2.44 bits per heavy atom. The summed E-state index contributed by atoms with van der Waals surface area (Å²) < 4.78 is 5.07. The number of hydrogen-bond acceptors (Lipinski definition) is 4. The van der Waals surface area contributed by atoms with E-state index in [0.29, 0.717) is 19.2 Å². The first-order valence-corrected chi connectivity index (χ1v) is 6.49. The summed E-state index contributed by atoms with van der Waals surface area (Å²) in [7, 11) is 1.70. The molecule has 4 heteroatoms. The van der Waals surface area contributed by atoms with Gasteiger partial charge in [0.1, 0.15) is 0 Å². The van der Waals surface area contributed by atoms with Crippen LogP contribution in [0.25, 0.3) is 0 Å². The molecule has 1 fully saturated rings. The minimum absolute atomic E-state index is 0.234. The quantitative estimate of drug-likeness (QED) is 0.682. The van der Waals surface area contributed by atoms with Crippen LogP contribution in [0.2, 0.25) is 0 Å². The maximum atomic E-state index is 11.9. The number of hydrogen-bond donors (Lipinski definition) is 0. The average molecular weight is 239 g/mol. The maximum absolute atomic E-state index is 11.9. The second-order valence-corrected chi connectivity index (χ2v) is 5.04. The number of thiophene rings is 1. The first kappa shape index (κ1) is 11.8. The van der Waals surface area contributed by atoms with Gasteiger partial charge in [0.15, 0.2) is 5.78 Å². The molecule has 1 heterocycles. The number of nitrogens with zero attached hydrogens (tertiary/aromatic N) is 1. The fourth-order valence-corrected chi connectivity index (χ4v) is 2.40. The summed E-state index contributed by atoms with van der Waals surface area (Å²) in [6, 6.07) is 4.43. The number of methoxy groups -OCH3 is 1. The zero-order valence-electron chi connectivity index (χ0n) is 9.52. The Labute approximate surface area is 100 Å². The average Bonchev–Trinajstić information content (AvgIpc) is 2.98. The summed E-state index contributed by atoms with van der Waals surface area (Å²) in [5.41, 5.74) is 0. The highest BCUT2D eigenvalue weighted by molar-refractivity contribution is 7.12. The van der Waals surface area contributed by atoms with E-state index in [1.165, 1.54) is 24.2 Å². The molecule has 0 unspecified atom stereocenters. The molecule has 0 atom stereocenters. The van der Waals surface area contributed by atoms with Crippen molar-refractivity contribution in [1.29, 1.82) is 0 Å². The van der Waals surface area contributed by atoms with E-state index in [9.17, 15) is 4.79 Å². The van der Waals surface area contributed by atoms with Crippen LogP contribution in [0.5, 0.6) is 0 Å². The lowest BCUT2D eigenvalue weighted by Crippen LogP contribution is -2.34. The Kier molecular flexibility index (Phi) is 4.09. The van der Waals surface area contributed by atoms with Crippen LogP contribution in [-0.4, -0.2) is 43.5 Å². The van der Waals surface area contributed by atoms with Gasteiger partial charge in [-0.05, 0) is 24.3 Å². The lowest BCUT2D eigenvalue weighted by Gasteiger charge is -2.20. The zero-order valence-corrected chi connectivity index (χ0v) is 10.3. The third-order valence-electron chi connectivity index (χ3n) is 2.79. The molecule has 3 nitrogen and oxygen atoms in total. The standard InChI is InChI=1S/C12H17NO2S/c1-15-7-6-13(10-4-5-10)9-11(14)12-3-2-8-16-12/h2-3,8,10H,4-7,9H2,1H3. The van der Waals surface area contributed by atoms with Crippen LogP contribution < -0.4 is 0 Å². The second kappa shape index (κ2) is 5.57. The van der Waals surface area contributed by atoms with Gasteiger partial charge in [-0.1, -0.05) is 6.07 Å². The molecule has 16 heavy (non-hydrogen) atoms. The monoisotopic (exact) mass is 239 g/mol. The number of ether oxygens (including phenoxy) is 1. The molecular formula is C12H17NO2S. The molecule has 0 amide bonds. The molecule has 2 rings (SSSR count). The Balaban J connectivity index is 1.87. The van der Waals surface area contributed by atoms with Gasteiger partial charge >= 0.3 is 0 Å². The molecule has 1 aliphatic rings. The van der Waals surface area contributed by atoms with Crippen molar-refractivity contribution in [3.05, 3.63) is 22.4 Å². The topological polar surface area (TPSA) is 29.5 Å². The molecule has 0 N–H and O–H groups in total. The van der Waals surface area contributed by atoms with Gasteiger partial charge in [0.2, 0.25) is 0 Å². The number of carbonyl (C=O) groups excluding carboxylic acids is 1. The molecule has 0 saturated heterocycles. The van der Waals surface area contributed by atoms with Crippen LogP contribution in [0.3, 0.4) is 0 Å². The molecule has 0 radical (unpaired) electrons. The van der Waals surface area contributed by atoms with Crippen LogP contribution in [0, 0.1) is 0 Å². The van der Waals surface area contributed by atoms with Crippen LogP contribution in [-0.2, 0) is 4.74 Å². The smallest absolute Gasteiger partial charge is 0.186 e. The second-order valence-electron chi connectivity index (χ2n) is 4.09. The Bertz CT molecular complexity index is 333. The maximum Gasteiger partial charge on any atom is 0.186 e. The van der Waals surface area contributed by atoms with E-state index in [0.717, 1.165) is 11.4 Å². The first-order chi connectivity index (χ1) is 7.81. The lowest BCUT2D eigenvalue weighted by atomic mass is 10.3. The van der Waals surface area contributed by atoms with Gasteiger partial charge in [-0.3, -0.25) is 9.69 Å². The molecule has 0 bridgehead atoms. The number of rotatable bonds is 7. The molecule has 1 aliphatic carbocycles. The molecule has 1 saturated carbocycles.